The van der Waals surface area contributed by atoms with Crippen molar-refractivity contribution in [2.75, 3.05) is 26.9 Å². The fraction of sp³-hybridized carbons (Fsp3) is 0.333. The number of carbonyl (C=O) groups is 2. The van der Waals surface area contributed by atoms with E-state index in [1.54, 1.807) is 32.1 Å². The second-order valence-corrected chi connectivity index (χ2v) is 7.09. The summed E-state index contributed by atoms with van der Waals surface area (Å²) in [5.41, 5.74) is -0.367. The molecule has 0 aromatic heterocycles. The Balaban J connectivity index is 1.96. The molecule has 0 aliphatic carbocycles. The maximum absolute atomic E-state index is 12.1. The average molecular weight is 427 g/mol. The van der Waals surface area contributed by atoms with Crippen LogP contribution in [-0.2, 0) is 14.3 Å². The summed E-state index contributed by atoms with van der Waals surface area (Å²) < 4.78 is 21.8. The summed E-state index contributed by atoms with van der Waals surface area (Å²) in [7, 11) is 1.28. The molecule has 1 amide bonds. The fourth-order valence-electron chi connectivity index (χ4n) is 2.67. The molecule has 0 aliphatic rings. The van der Waals surface area contributed by atoms with Crippen molar-refractivity contribution in [2.45, 2.75) is 26.3 Å². The highest BCUT2D eigenvalue weighted by atomic mass is 16.5. The van der Waals surface area contributed by atoms with Crippen LogP contribution in [0.4, 0.5) is 0 Å². The molecule has 1 N–H and O–H groups in total. The van der Waals surface area contributed by atoms with E-state index in [-0.39, 0.29) is 0 Å². The molecule has 0 saturated heterocycles. The van der Waals surface area contributed by atoms with E-state index in [9.17, 15) is 9.59 Å². The van der Waals surface area contributed by atoms with E-state index >= 15 is 0 Å². The van der Waals surface area contributed by atoms with Gasteiger partial charge in [0.2, 0.25) is 5.91 Å². The predicted molar refractivity (Wildman–Crippen MR) is 118 cm³/mol. The number of para-hydroxylation sites is 1. The number of amides is 1. The Morgan fingerprint density at radius 3 is 2.35 bits per heavy atom. The topological polar surface area (TPSA) is 83.1 Å². The zero-order valence-corrected chi connectivity index (χ0v) is 18.3. The van der Waals surface area contributed by atoms with Crippen LogP contribution in [0.15, 0.2) is 54.6 Å². The standard InChI is InChI=1S/C24H29NO6/c1-5-29-21-17-18(12-14-22(26)25-24(2,3)23(27)28-4)11-13-20(21)31-16-15-30-19-9-7-6-8-10-19/h6-14,17H,5,15-16H2,1-4H3,(H,25,26)/b14-12+. The number of nitrogens with one attached hydrogen (secondary N) is 1. The van der Waals surface area contributed by atoms with Gasteiger partial charge < -0.3 is 24.3 Å². The molecule has 31 heavy (non-hydrogen) atoms. The lowest BCUT2D eigenvalue weighted by Gasteiger charge is -2.22. The van der Waals surface area contributed by atoms with Crippen LogP contribution in [-0.4, -0.2) is 44.3 Å². The van der Waals surface area contributed by atoms with Gasteiger partial charge in [0, 0.05) is 6.08 Å². The van der Waals surface area contributed by atoms with Crippen molar-refractivity contribution in [1.82, 2.24) is 5.32 Å². The Morgan fingerprint density at radius 2 is 1.68 bits per heavy atom. The molecule has 2 aromatic carbocycles. The zero-order chi connectivity index (χ0) is 22.7. The van der Waals surface area contributed by atoms with E-state index in [4.69, 9.17) is 14.2 Å². The number of carbonyl (C=O) groups excluding carboxylic acids is 2. The van der Waals surface area contributed by atoms with Crippen molar-refractivity contribution in [3.05, 3.63) is 60.2 Å². The molecule has 2 aromatic rings. The van der Waals surface area contributed by atoms with E-state index in [1.807, 2.05) is 43.3 Å². The van der Waals surface area contributed by atoms with Crippen molar-refractivity contribution in [3.63, 3.8) is 0 Å². The molecule has 7 nitrogen and oxygen atoms in total. The summed E-state index contributed by atoms with van der Waals surface area (Å²) in [6, 6.07) is 14.9. The van der Waals surface area contributed by atoms with Crippen LogP contribution in [0.2, 0.25) is 0 Å². The first-order valence-corrected chi connectivity index (χ1v) is 10.0. The molecule has 0 aliphatic heterocycles. The summed E-state index contributed by atoms with van der Waals surface area (Å²) in [4.78, 5) is 23.8. The third-order valence-electron chi connectivity index (χ3n) is 4.18. The van der Waals surface area contributed by atoms with Gasteiger partial charge in [0.1, 0.15) is 24.5 Å². The van der Waals surface area contributed by atoms with Crippen LogP contribution in [0.1, 0.15) is 26.3 Å². The number of hydrogen-bond donors (Lipinski definition) is 1. The number of methoxy groups -OCH3 is 1. The molecule has 0 bridgehead atoms. The molecular formula is C24H29NO6. The smallest absolute Gasteiger partial charge is 0.330 e. The van der Waals surface area contributed by atoms with Gasteiger partial charge >= 0.3 is 5.97 Å². The zero-order valence-electron chi connectivity index (χ0n) is 18.3. The molecule has 0 unspecified atom stereocenters. The van der Waals surface area contributed by atoms with E-state index in [0.29, 0.717) is 31.3 Å². The number of benzene rings is 2. The molecule has 2 rings (SSSR count). The lowest BCUT2D eigenvalue weighted by Crippen LogP contribution is -2.49. The van der Waals surface area contributed by atoms with Crippen LogP contribution >= 0.6 is 0 Å². The van der Waals surface area contributed by atoms with Crippen LogP contribution < -0.4 is 19.5 Å². The lowest BCUT2D eigenvalue weighted by atomic mass is 10.1. The third-order valence-corrected chi connectivity index (χ3v) is 4.18. The summed E-state index contributed by atoms with van der Waals surface area (Å²) in [5.74, 6) is 1.01. The summed E-state index contributed by atoms with van der Waals surface area (Å²) >= 11 is 0. The Hall–Kier alpha value is -3.48. The molecule has 0 atom stereocenters. The number of esters is 1. The molecule has 0 fully saturated rings. The first kappa shape index (κ1) is 23.8. The van der Waals surface area contributed by atoms with Crippen molar-refractivity contribution in [1.29, 1.82) is 0 Å². The Kier molecular flexibility index (Phi) is 8.94. The second kappa shape index (κ2) is 11.6. The average Bonchev–Trinajstić information content (AvgIpc) is 2.76. The SMILES string of the molecule is CCOc1cc(/C=C/C(=O)NC(C)(C)C(=O)OC)ccc1OCCOc1ccccc1. The maximum Gasteiger partial charge on any atom is 0.330 e. The van der Waals surface area contributed by atoms with Gasteiger partial charge in [-0.3, -0.25) is 4.79 Å². The molecule has 0 spiro atoms. The van der Waals surface area contributed by atoms with Crippen LogP contribution in [0.5, 0.6) is 17.2 Å². The second-order valence-electron chi connectivity index (χ2n) is 7.09. The molecule has 0 saturated carbocycles. The van der Waals surface area contributed by atoms with Crippen molar-refractivity contribution in [3.8, 4) is 17.2 Å². The number of hydrogen-bond acceptors (Lipinski definition) is 6. The minimum Gasteiger partial charge on any atom is -0.490 e. The van der Waals surface area contributed by atoms with E-state index in [2.05, 4.69) is 10.1 Å². The molecule has 0 heterocycles. The number of rotatable bonds is 11. The molecule has 7 heteroatoms. The summed E-state index contributed by atoms with van der Waals surface area (Å²) in [6.07, 6.45) is 2.98. The summed E-state index contributed by atoms with van der Waals surface area (Å²) in [6.45, 7) is 6.25. The molecule has 0 radical (unpaired) electrons. The predicted octanol–water partition coefficient (Wildman–Crippen LogP) is 3.62. The van der Waals surface area contributed by atoms with E-state index in [0.717, 1.165) is 11.3 Å². The highest BCUT2D eigenvalue weighted by Gasteiger charge is 2.29. The van der Waals surface area contributed by atoms with Crippen LogP contribution in [0.3, 0.4) is 0 Å². The Bertz CT molecular complexity index is 892. The van der Waals surface area contributed by atoms with Crippen molar-refractivity contribution in [2.24, 2.45) is 0 Å². The van der Waals surface area contributed by atoms with Gasteiger partial charge in [-0.05, 0) is 56.7 Å². The van der Waals surface area contributed by atoms with E-state index < -0.39 is 17.4 Å². The van der Waals surface area contributed by atoms with Gasteiger partial charge in [-0.15, -0.1) is 0 Å². The largest absolute Gasteiger partial charge is 0.490 e. The highest BCUT2D eigenvalue weighted by Crippen LogP contribution is 2.29. The lowest BCUT2D eigenvalue weighted by molar-refractivity contribution is -0.148. The van der Waals surface area contributed by atoms with Crippen LogP contribution in [0, 0.1) is 0 Å². The Labute approximate surface area is 183 Å². The molecule has 166 valence electrons. The van der Waals surface area contributed by atoms with Gasteiger partial charge in [-0.1, -0.05) is 24.3 Å². The first-order chi connectivity index (χ1) is 14.9. The van der Waals surface area contributed by atoms with Crippen molar-refractivity contribution < 1.29 is 28.5 Å². The number of ether oxygens (including phenoxy) is 4. The Morgan fingerprint density at radius 1 is 0.968 bits per heavy atom. The normalized spacial score (nSPS) is 11.1. The fourth-order valence-corrected chi connectivity index (χ4v) is 2.67. The minimum atomic E-state index is -1.12. The highest BCUT2D eigenvalue weighted by molar-refractivity contribution is 5.95. The van der Waals surface area contributed by atoms with Crippen molar-refractivity contribution >= 4 is 18.0 Å². The van der Waals surface area contributed by atoms with Crippen LogP contribution in [0.25, 0.3) is 6.08 Å². The maximum atomic E-state index is 12.1. The first-order valence-electron chi connectivity index (χ1n) is 10.0. The van der Waals surface area contributed by atoms with Gasteiger partial charge in [-0.2, -0.15) is 0 Å². The third kappa shape index (κ3) is 7.70. The summed E-state index contributed by atoms with van der Waals surface area (Å²) in [5, 5.41) is 2.61. The van der Waals surface area contributed by atoms with Gasteiger partial charge in [0.05, 0.1) is 13.7 Å². The quantitative estimate of drug-likeness (QED) is 0.335. The minimum absolute atomic E-state index is 0.356. The van der Waals surface area contributed by atoms with Gasteiger partial charge in [0.25, 0.3) is 0 Å². The molecular weight excluding hydrogens is 398 g/mol. The monoisotopic (exact) mass is 427 g/mol. The van der Waals surface area contributed by atoms with Gasteiger partial charge in [0.15, 0.2) is 11.5 Å². The van der Waals surface area contributed by atoms with Gasteiger partial charge in [-0.25, -0.2) is 4.79 Å². The van der Waals surface area contributed by atoms with E-state index in [1.165, 1.54) is 13.2 Å².